The van der Waals surface area contributed by atoms with Crippen LogP contribution in [0.5, 0.6) is 0 Å². The lowest BCUT2D eigenvalue weighted by Crippen LogP contribution is -2.66. The van der Waals surface area contributed by atoms with Crippen molar-refractivity contribution in [1.29, 1.82) is 0 Å². The van der Waals surface area contributed by atoms with Crippen molar-refractivity contribution < 1.29 is 38.5 Å². The summed E-state index contributed by atoms with van der Waals surface area (Å²) in [4.78, 5) is 49.2. The molecule has 0 heterocycles. The molecular formula is C19H35N3O8. The Bertz CT molecular complexity index is 625. The molecule has 174 valence electrons. The monoisotopic (exact) mass is 433 g/mol. The van der Waals surface area contributed by atoms with E-state index in [1.807, 2.05) is 0 Å². The van der Waals surface area contributed by atoms with Crippen molar-refractivity contribution in [1.82, 2.24) is 14.9 Å². The number of hydrogen-bond donors (Lipinski definition) is 1. The molecule has 0 fully saturated rings. The molecule has 0 saturated carbocycles. The molecule has 0 aliphatic rings. The Labute approximate surface area is 177 Å². The molecule has 0 rings (SSSR count). The summed E-state index contributed by atoms with van der Waals surface area (Å²) in [5.74, 6) is -1.97. The maximum Gasteiger partial charge on any atom is 0.303 e. The number of likely N-dealkylation sites (N-methyl/N-ethyl adjacent to an activating group) is 1. The zero-order chi connectivity index (χ0) is 23.8. The minimum Gasteiger partial charge on any atom is -0.457 e. The van der Waals surface area contributed by atoms with Crippen molar-refractivity contribution in [2.75, 3.05) is 41.5 Å². The van der Waals surface area contributed by atoms with Crippen LogP contribution in [0.25, 0.3) is 0 Å². The quantitative estimate of drug-likeness (QED) is 0.358. The third kappa shape index (κ3) is 7.22. The first-order chi connectivity index (χ1) is 13.7. The molecule has 0 spiro atoms. The van der Waals surface area contributed by atoms with E-state index >= 15 is 0 Å². The Morgan fingerprint density at radius 2 is 1.50 bits per heavy atom. The van der Waals surface area contributed by atoms with Crippen LogP contribution in [-0.2, 0) is 33.4 Å². The SMILES string of the molecule is COC[C@@H](OC)[C@@H](OC(C)=O)[C@](C)(O)[C@H](CN(C(C)=O)N(C)C(C)=O)N(C)C(C)=O. The first-order valence-corrected chi connectivity index (χ1v) is 9.39. The number of carbonyl (C=O) groups is 4. The molecule has 0 aromatic heterocycles. The van der Waals surface area contributed by atoms with E-state index in [-0.39, 0.29) is 13.2 Å². The largest absolute Gasteiger partial charge is 0.457 e. The average molecular weight is 434 g/mol. The lowest BCUT2D eigenvalue weighted by atomic mass is 9.85. The topological polar surface area (TPSA) is 126 Å². The van der Waals surface area contributed by atoms with Crippen LogP contribution in [0.2, 0.25) is 0 Å². The van der Waals surface area contributed by atoms with E-state index in [9.17, 15) is 24.3 Å². The fourth-order valence-corrected chi connectivity index (χ4v) is 3.10. The minimum absolute atomic E-state index is 0.00905. The summed E-state index contributed by atoms with van der Waals surface area (Å²) < 4.78 is 15.8. The molecule has 0 saturated heterocycles. The number of amides is 3. The second-order valence-corrected chi connectivity index (χ2v) is 7.27. The van der Waals surface area contributed by atoms with Gasteiger partial charge in [-0.2, -0.15) is 0 Å². The maximum absolute atomic E-state index is 12.2. The summed E-state index contributed by atoms with van der Waals surface area (Å²) in [6.07, 6.45) is -2.11. The van der Waals surface area contributed by atoms with Crippen molar-refractivity contribution in [2.45, 2.75) is 58.5 Å². The number of carbonyl (C=O) groups excluding carboxylic acids is 4. The van der Waals surface area contributed by atoms with Crippen LogP contribution in [0.15, 0.2) is 0 Å². The van der Waals surface area contributed by atoms with Gasteiger partial charge in [-0.15, -0.1) is 0 Å². The third-order valence-corrected chi connectivity index (χ3v) is 5.01. The van der Waals surface area contributed by atoms with E-state index in [4.69, 9.17) is 14.2 Å². The Morgan fingerprint density at radius 3 is 1.83 bits per heavy atom. The molecule has 0 bridgehead atoms. The summed E-state index contributed by atoms with van der Waals surface area (Å²) in [6.45, 7) is 6.13. The van der Waals surface area contributed by atoms with Crippen LogP contribution in [0.3, 0.4) is 0 Å². The van der Waals surface area contributed by atoms with E-state index < -0.39 is 47.5 Å². The van der Waals surface area contributed by atoms with Crippen LogP contribution < -0.4 is 0 Å². The standard InChI is InChI=1S/C19H35N3O8/c1-12(23)20(6)17(10-22(14(3)25)21(7)13(2)24)19(5,27)18(30-15(4)26)16(29-9)11-28-8/h16-18,27H,10-11H2,1-9H3/t16-,17+,18-,19-/m1/s1. The van der Waals surface area contributed by atoms with Gasteiger partial charge in [0.15, 0.2) is 6.10 Å². The van der Waals surface area contributed by atoms with Crippen LogP contribution in [0, 0.1) is 0 Å². The molecule has 11 heteroatoms. The van der Waals surface area contributed by atoms with Crippen LogP contribution in [-0.4, -0.2) is 109 Å². The zero-order valence-corrected chi connectivity index (χ0v) is 19.3. The first-order valence-electron chi connectivity index (χ1n) is 9.39. The molecule has 0 aliphatic carbocycles. The predicted molar refractivity (Wildman–Crippen MR) is 107 cm³/mol. The molecule has 11 nitrogen and oxygen atoms in total. The van der Waals surface area contributed by atoms with Gasteiger partial charge in [-0.05, 0) is 6.92 Å². The van der Waals surface area contributed by atoms with Gasteiger partial charge in [-0.3, -0.25) is 24.2 Å². The number of esters is 1. The van der Waals surface area contributed by atoms with Gasteiger partial charge in [0.25, 0.3) is 0 Å². The predicted octanol–water partition coefficient (Wildman–Crippen LogP) is -0.581. The fraction of sp³-hybridized carbons (Fsp3) is 0.789. The lowest BCUT2D eigenvalue weighted by molar-refractivity contribution is -0.202. The number of hydrogen-bond acceptors (Lipinski definition) is 8. The molecule has 0 aromatic rings. The van der Waals surface area contributed by atoms with Gasteiger partial charge in [-0.25, -0.2) is 5.01 Å². The fourth-order valence-electron chi connectivity index (χ4n) is 3.10. The zero-order valence-electron chi connectivity index (χ0n) is 19.3. The highest BCUT2D eigenvalue weighted by Crippen LogP contribution is 2.28. The molecule has 30 heavy (non-hydrogen) atoms. The van der Waals surface area contributed by atoms with Crippen molar-refractivity contribution in [3.05, 3.63) is 0 Å². The number of methoxy groups -OCH3 is 2. The van der Waals surface area contributed by atoms with Crippen molar-refractivity contribution in [3.8, 4) is 0 Å². The van der Waals surface area contributed by atoms with E-state index in [2.05, 4.69) is 0 Å². The summed E-state index contributed by atoms with van der Waals surface area (Å²) in [5.41, 5.74) is -1.89. The third-order valence-electron chi connectivity index (χ3n) is 5.01. The van der Waals surface area contributed by atoms with Crippen LogP contribution in [0.4, 0.5) is 0 Å². The Balaban J connectivity index is 6.38. The molecule has 1 N–H and O–H groups in total. The Morgan fingerprint density at radius 1 is 0.967 bits per heavy atom. The van der Waals surface area contributed by atoms with Gasteiger partial charge >= 0.3 is 5.97 Å². The maximum atomic E-state index is 12.2. The molecule has 0 unspecified atom stereocenters. The highest BCUT2D eigenvalue weighted by atomic mass is 16.6. The van der Waals surface area contributed by atoms with Crippen molar-refractivity contribution >= 4 is 23.7 Å². The normalized spacial score (nSPS) is 15.9. The minimum atomic E-state index is -1.89. The van der Waals surface area contributed by atoms with Crippen molar-refractivity contribution in [2.24, 2.45) is 0 Å². The summed E-state index contributed by atoms with van der Waals surface area (Å²) in [5, 5.41) is 13.7. The van der Waals surface area contributed by atoms with Crippen LogP contribution >= 0.6 is 0 Å². The number of nitrogens with zero attached hydrogens (tertiary/aromatic N) is 3. The van der Waals surface area contributed by atoms with Gasteiger partial charge in [-0.1, -0.05) is 0 Å². The van der Waals surface area contributed by atoms with E-state index in [0.717, 1.165) is 10.0 Å². The average Bonchev–Trinajstić information content (AvgIpc) is 2.63. The number of aliphatic hydroxyl groups is 1. The summed E-state index contributed by atoms with van der Waals surface area (Å²) in [6, 6.07) is -1.07. The molecule has 0 radical (unpaired) electrons. The highest BCUT2D eigenvalue weighted by molar-refractivity contribution is 5.79. The van der Waals surface area contributed by atoms with Gasteiger partial charge in [0, 0.05) is 56.0 Å². The Kier molecular flexibility index (Phi) is 10.9. The lowest BCUT2D eigenvalue weighted by Gasteiger charge is -2.46. The van der Waals surface area contributed by atoms with Gasteiger partial charge in [0.1, 0.15) is 11.7 Å². The van der Waals surface area contributed by atoms with E-state index in [0.29, 0.717) is 0 Å². The van der Waals surface area contributed by atoms with Gasteiger partial charge in [0.05, 0.1) is 19.2 Å². The van der Waals surface area contributed by atoms with Gasteiger partial charge in [0.2, 0.25) is 17.7 Å². The van der Waals surface area contributed by atoms with E-state index in [1.54, 1.807) is 0 Å². The summed E-state index contributed by atoms with van der Waals surface area (Å²) >= 11 is 0. The molecule has 3 amide bonds. The molecule has 0 aliphatic heterocycles. The van der Waals surface area contributed by atoms with Crippen LogP contribution in [0.1, 0.15) is 34.6 Å². The number of ether oxygens (including phenoxy) is 3. The van der Waals surface area contributed by atoms with Crippen molar-refractivity contribution in [3.63, 3.8) is 0 Å². The van der Waals surface area contributed by atoms with Gasteiger partial charge < -0.3 is 24.2 Å². The first kappa shape index (κ1) is 27.8. The Hall–Kier alpha value is -2.24. The summed E-state index contributed by atoms with van der Waals surface area (Å²) in [7, 11) is 5.63. The molecule has 4 atom stereocenters. The molecule has 0 aromatic carbocycles. The highest BCUT2D eigenvalue weighted by Gasteiger charge is 2.49. The second-order valence-electron chi connectivity index (χ2n) is 7.27. The number of hydrazine groups is 1. The molecular weight excluding hydrogens is 398 g/mol. The second kappa shape index (κ2) is 11.8. The van der Waals surface area contributed by atoms with E-state index in [1.165, 1.54) is 67.8 Å². The smallest absolute Gasteiger partial charge is 0.303 e. The number of rotatable bonds is 10.